The van der Waals surface area contributed by atoms with Gasteiger partial charge in [-0.3, -0.25) is 4.79 Å². The summed E-state index contributed by atoms with van der Waals surface area (Å²) >= 11 is 12.6. The van der Waals surface area contributed by atoms with E-state index in [0.29, 0.717) is 16.5 Å². The summed E-state index contributed by atoms with van der Waals surface area (Å²) in [6, 6.07) is 9.70. The maximum atomic E-state index is 10.8. The summed E-state index contributed by atoms with van der Waals surface area (Å²) in [6.07, 6.45) is 3.23. The van der Waals surface area contributed by atoms with E-state index < -0.39 is 5.97 Å². The molecule has 0 saturated carbocycles. The van der Waals surface area contributed by atoms with E-state index in [2.05, 4.69) is 19.1 Å². The maximum absolute atomic E-state index is 10.8. The number of halogens is 2. The lowest BCUT2D eigenvalue weighted by atomic mass is 9.94. The Hall–Kier alpha value is -2.04. The Kier molecular flexibility index (Phi) is 6.08. The number of aryl methyl sites for hydroxylation is 2. The molecule has 0 aliphatic rings. The number of carboxylic acid groups (broad SMARTS) is 1. The molecule has 6 heteroatoms. The van der Waals surface area contributed by atoms with Crippen molar-refractivity contribution in [3.05, 3.63) is 57.3 Å². The molecule has 1 N–H and O–H groups in total. The van der Waals surface area contributed by atoms with Crippen LogP contribution in [0, 0.1) is 6.92 Å². The van der Waals surface area contributed by atoms with Crippen LogP contribution in [-0.4, -0.2) is 20.7 Å². The fourth-order valence-corrected chi connectivity index (χ4v) is 3.97. The quantitative estimate of drug-likeness (QED) is 0.492. The van der Waals surface area contributed by atoms with Gasteiger partial charge in [0.05, 0.1) is 11.2 Å². The van der Waals surface area contributed by atoms with Crippen molar-refractivity contribution in [3.63, 3.8) is 0 Å². The lowest BCUT2D eigenvalue weighted by Crippen LogP contribution is -2.06. The second-order valence-corrected chi connectivity index (χ2v) is 7.48. The third kappa shape index (κ3) is 4.12. The highest BCUT2D eigenvalue weighted by molar-refractivity contribution is 6.36. The summed E-state index contributed by atoms with van der Waals surface area (Å²) in [5.41, 5.74) is 6.17. The van der Waals surface area contributed by atoms with Crippen LogP contribution in [0.3, 0.4) is 0 Å². The number of carboxylic acids is 1. The van der Waals surface area contributed by atoms with Crippen molar-refractivity contribution < 1.29 is 9.90 Å². The molecule has 0 aliphatic carbocycles. The number of nitrogens with zero attached hydrogens (tertiary/aromatic N) is 2. The Morgan fingerprint density at radius 2 is 1.96 bits per heavy atom. The van der Waals surface area contributed by atoms with Gasteiger partial charge in [0, 0.05) is 33.3 Å². The third-order valence-electron chi connectivity index (χ3n) is 4.81. The van der Waals surface area contributed by atoms with E-state index in [1.54, 1.807) is 6.07 Å². The highest BCUT2D eigenvalue weighted by Crippen LogP contribution is 2.37. The minimum Gasteiger partial charge on any atom is -0.481 e. The first-order chi connectivity index (χ1) is 12.9. The molecule has 27 heavy (non-hydrogen) atoms. The van der Waals surface area contributed by atoms with Gasteiger partial charge in [0.1, 0.15) is 0 Å². The molecule has 4 nitrogen and oxygen atoms in total. The summed E-state index contributed by atoms with van der Waals surface area (Å²) in [7, 11) is 0. The van der Waals surface area contributed by atoms with E-state index in [0.717, 1.165) is 52.9 Å². The van der Waals surface area contributed by atoms with Crippen LogP contribution >= 0.6 is 23.2 Å². The molecule has 0 fully saturated rings. The molecule has 142 valence electrons. The van der Waals surface area contributed by atoms with Crippen LogP contribution in [-0.2, 0) is 17.6 Å². The number of benzene rings is 1. The topological polar surface area (TPSA) is 54.6 Å². The summed E-state index contributed by atoms with van der Waals surface area (Å²) in [5, 5.41) is 14.9. The maximum Gasteiger partial charge on any atom is 0.303 e. The van der Waals surface area contributed by atoms with Gasteiger partial charge in [-0.2, -0.15) is 5.10 Å². The zero-order valence-corrected chi connectivity index (χ0v) is 16.9. The van der Waals surface area contributed by atoms with Crippen molar-refractivity contribution in [2.75, 3.05) is 0 Å². The first kappa shape index (κ1) is 19.7. The zero-order chi connectivity index (χ0) is 19.6. The number of aliphatic carboxylic acids is 1. The summed E-state index contributed by atoms with van der Waals surface area (Å²) < 4.78 is 1.98. The van der Waals surface area contributed by atoms with Crippen LogP contribution in [0.2, 0.25) is 10.0 Å². The predicted octanol–water partition coefficient (Wildman–Crippen LogP) is 5.98. The molecule has 0 radical (unpaired) electrons. The normalized spacial score (nSPS) is 11.3. The van der Waals surface area contributed by atoms with Gasteiger partial charge in [0.2, 0.25) is 0 Å². The van der Waals surface area contributed by atoms with E-state index in [-0.39, 0.29) is 6.42 Å². The number of unbranched alkanes of at least 4 members (excludes halogenated alkanes) is 1. The van der Waals surface area contributed by atoms with E-state index in [9.17, 15) is 4.79 Å². The first-order valence-electron chi connectivity index (χ1n) is 9.09. The molecule has 0 amide bonds. The molecule has 0 aliphatic heterocycles. The monoisotopic (exact) mass is 404 g/mol. The van der Waals surface area contributed by atoms with Gasteiger partial charge < -0.3 is 5.11 Å². The Morgan fingerprint density at radius 1 is 1.19 bits per heavy atom. The predicted molar refractivity (Wildman–Crippen MR) is 110 cm³/mol. The molecule has 1 aromatic carbocycles. The lowest BCUT2D eigenvalue weighted by molar-refractivity contribution is -0.137. The molecule has 0 unspecified atom stereocenters. The highest BCUT2D eigenvalue weighted by Gasteiger charge is 2.18. The van der Waals surface area contributed by atoms with Crippen LogP contribution in [0.5, 0.6) is 0 Å². The van der Waals surface area contributed by atoms with E-state index >= 15 is 0 Å². The van der Waals surface area contributed by atoms with Crippen molar-refractivity contribution >= 4 is 34.7 Å². The minimum absolute atomic E-state index is 0.177. The van der Waals surface area contributed by atoms with E-state index in [1.807, 2.05) is 23.6 Å². The first-order valence-corrected chi connectivity index (χ1v) is 9.85. The molecular formula is C21H22Cl2N2O2. The number of fused-ring (bicyclic) bond motifs is 1. The van der Waals surface area contributed by atoms with Gasteiger partial charge in [0.15, 0.2) is 0 Å². The fourth-order valence-electron chi connectivity index (χ4n) is 3.47. The second kappa shape index (κ2) is 8.32. The van der Waals surface area contributed by atoms with Crippen LogP contribution in [0.25, 0.3) is 16.6 Å². The Balaban J connectivity index is 2.15. The number of carbonyl (C=O) groups is 1. The van der Waals surface area contributed by atoms with Crippen molar-refractivity contribution in [1.29, 1.82) is 0 Å². The minimum atomic E-state index is -0.763. The highest BCUT2D eigenvalue weighted by atomic mass is 35.5. The Morgan fingerprint density at radius 3 is 2.63 bits per heavy atom. The molecular weight excluding hydrogens is 383 g/mol. The van der Waals surface area contributed by atoms with Gasteiger partial charge >= 0.3 is 5.97 Å². The summed E-state index contributed by atoms with van der Waals surface area (Å²) in [4.78, 5) is 10.8. The average molecular weight is 405 g/mol. The lowest BCUT2D eigenvalue weighted by Gasteiger charge is -2.17. The van der Waals surface area contributed by atoms with Crippen molar-refractivity contribution in [1.82, 2.24) is 9.61 Å². The summed E-state index contributed by atoms with van der Waals surface area (Å²) in [5.74, 6) is -0.763. The number of hydrogen-bond donors (Lipinski definition) is 1. The SMILES string of the molecule is CCc1ccc2c(-c3ccc(Cl)cc3Cl)c(CCCCC(=O)O)c(C)nn12. The second-order valence-electron chi connectivity index (χ2n) is 6.64. The largest absolute Gasteiger partial charge is 0.481 e. The van der Waals surface area contributed by atoms with Crippen molar-refractivity contribution in [3.8, 4) is 11.1 Å². The molecule has 3 aromatic rings. The fraction of sp³-hybridized carbons (Fsp3) is 0.333. The van der Waals surface area contributed by atoms with Gasteiger partial charge in [-0.15, -0.1) is 0 Å². The van der Waals surface area contributed by atoms with Gasteiger partial charge in [0.25, 0.3) is 0 Å². The Bertz CT molecular complexity index is 996. The van der Waals surface area contributed by atoms with Crippen LogP contribution in [0.4, 0.5) is 0 Å². The third-order valence-corrected chi connectivity index (χ3v) is 5.36. The number of aromatic nitrogens is 2. The summed E-state index contributed by atoms with van der Waals surface area (Å²) in [6.45, 7) is 4.10. The smallest absolute Gasteiger partial charge is 0.303 e. The molecule has 2 aromatic heterocycles. The van der Waals surface area contributed by atoms with Gasteiger partial charge in [-0.05, 0) is 62.4 Å². The average Bonchev–Trinajstić information content (AvgIpc) is 3.01. The van der Waals surface area contributed by atoms with Gasteiger partial charge in [-0.1, -0.05) is 36.2 Å². The molecule has 0 atom stereocenters. The molecule has 0 spiro atoms. The standard InChI is InChI=1S/C21H22Cl2N2O2/c1-3-15-9-11-19-21(17-10-8-14(22)12-18(17)23)16(13(2)24-25(15)19)6-4-5-7-20(26)27/h8-12H,3-7H2,1-2H3,(H,26,27). The van der Waals surface area contributed by atoms with Crippen molar-refractivity contribution in [2.45, 2.75) is 46.0 Å². The number of hydrogen-bond acceptors (Lipinski definition) is 2. The van der Waals surface area contributed by atoms with Crippen LogP contribution in [0.1, 0.15) is 43.1 Å². The van der Waals surface area contributed by atoms with Crippen LogP contribution < -0.4 is 0 Å². The van der Waals surface area contributed by atoms with Crippen molar-refractivity contribution in [2.24, 2.45) is 0 Å². The van der Waals surface area contributed by atoms with E-state index in [1.165, 1.54) is 0 Å². The van der Waals surface area contributed by atoms with Crippen LogP contribution in [0.15, 0.2) is 30.3 Å². The van der Waals surface area contributed by atoms with E-state index in [4.69, 9.17) is 33.4 Å². The number of rotatable bonds is 7. The molecule has 0 saturated heterocycles. The zero-order valence-electron chi connectivity index (χ0n) is 15.4. The molecule has 2 heterocycles. The Labute approximate surface area is 168 Å². The molecule has 0 bridgehead atoms. The van der Waals surface area contributed by atoms with Gasteiger partial charge in [-0.25, -0.2) is 4.52 Å². The molecule has 3 rings (SSSR count).